The van der Waals surface area contributed by atoms with Gasteiger partial charge in [-0.1, -0.05) is 6.07 Å². The number of fused-ring (bicyclic) bond motifs is 1. The van der Waals surface area contributed by atoms with E-state index in [1.54, 1.807) is 18.2 Å². The van der Waals surface area contributed by atoms with Gasteiger partial charge in [-0.3, -0.25) is 4.79 Å². The highest BCUT2D eigenvalue weighted by atomic mass is 19.1. The molecule has 3 N–H and O–H groups in total. The van der Waals surface area contributed by atoms with Gasteiger partial charge in [0, 0.05) is 35.3 Å². The highest BCUT2D eigenvalue weighted by Crippen LogP contribution is 2.22. The van der Waals surface area contributed by atoms with Crippen LogP contribution in [0.25, 0.3) is 10.9 Å². The molecule has 0 atom stereocenters. The summed E-state index contributed by atoms with van der Waals surface area (Å²) in [6.45, 7) is 0.448. The molecule has 0 saturated carbocycles. The minimum absolute atomic E-state index is 0.209. The number of hydrogen-bond donors (Lipinski definition) is 3. The summed E-state index contributed by atoms with van der Waals surface area (Å²) in [5.41, 5.74) is 2.21. The van der Waals surface area contributed by atoms with E-state index in [1.165, 1.54) is 18.2 Å². The Labute approximate surface area is 126 Å². The maximum absolute atomic E-state index is 13.1. The number of carbonyl (C=O) groups excluding carboxylic acids is 1. The van der Waals surface area contributed by atoms with Gasteiger partial charge in [0.25, 0.3) is 5.91 Å². The predicted octanol–water partition coefficient (Wildman–Crippen LogP) is 2.99. The maximum atomic E-state index is 13.1. The van der Waals surface area contributed by atoms with Crippen LogP contribution < -0.4 is 5.32 Å². The van der Waals surface area contributed by atoms with Gasteiger partial charge >= 0.3 is 0 Å². The molecule has 2 aromatic carbocycles. The van der Waals surface area contributed by atoms with Crippen molar-refractivity contribution < 1.29 is 14.3 Å². The second-order valence-electron chi connectivity index (χ2n) is 5.06. The zero-order chi connectivity index (χ0) is 15.5. The highest BCUT2D eigenvalue weighted by Gasteiger charge is 2.08. The van der Waals surface area contributed by atoms with Gasteiger partial charge in [0.1, 0.15) is 11.6 Å². The van der Waals surface area contributed by atoms with E-state index in [4.69, 9.17) is 0 Å². The molecule has 0 unspecified atom stereocenters. The van der Waals surface area contributed by atoms with Crippen LogP contribution in [0.5, 0.6) is 5.75 Å². The second-order valence-corrected chi connectivity index (χ2v) is 5.06. The van der Waals surface area contributed by atoms with Crippen molar-refractivity contribution >= 4 is 16.8 Å². The van der Waals surface area contributed by atoms with Crippen LogP contribution in [0.2, 0.25) is 0 Å². The fourth-order valence-electron chi connectivity index (χ4n) is 2.42. The van der Waals surface area contributed by atoms with Gasteiger partial charge in [0.05, 0.1) is 0 Å². The molecule has 0 fully saturated rings. The molecule has 5 heteroatoms. The maximum Gasteiger partial charge on any atom is 0.251 e. The van der Waals surface area contributed by atoms with Gasteiger partial charge in [0.15, 0.2) is 0 Å². The first-order valence-electron chi connectivity index (χ1n) is 6.96. The quantitative estimate of drug-likeness (QED) is 0.693. The summed E-state index contributed by atoms with van der Waals surface area (Å²) in [6.07, 6.45) is 2.50. The van der Waals surface area contributed by atoms with E-state index in [0.29, 0.717) is 18.5 Å². The number of phenols is 1. The third kappa shape index (κ3) is 2.93. The molecule has 1 heterocycles. The number of rotatable bonds is 4. The summed E-state index contributed by atoms with van der Waals surface area (Å²) in [4.78, 5) is 15.0. The molecule has 0 aliphatic heterocycles. The lowest BCUT2D eigenvalue weighted by atomic mass is 10.1. The lowest BCUT2D eigenvalue weighted by molar-refractivity contribution is 0.0953. The summed E-state index contributed by atoms with van der Waals surface area (Å²) in [7, 11) is 0. The number of H-pyrrole nitrogens is 1. The van der Waals surface area contributed by atoms with Crippen molar-refractivity contribution in [1.82, 2.24) is 10.3 Å². The number of aromatic nitrogens is 1. The number of benzene rings is 2. The number of aromatic hydroxyl groups is 1. The fourth-order valence-corrected chi connectivity index (χ4v) is 2.42. The van der Waals surface area contributed by atoms with Crippen LogP contribution in [0.4, 0.5) is 4.39 Å². The molecular weight excluding hydrogens is 283 g/mol. The summed E-state index contributed by atoms with van der Waals surface area (Å²) >= 11 is 0. The Kier molecular flexibility index (Phi) is 3.78. The molecule has 0 spiro atoms. The van der Waals surface area contributed by atoms with Crippen LogP contribution in [0, 0.1) is 5.82 Å². The van der Waals surface area contributed by atoms with Gasteiger partial charge < -0.3 is 15.4 Å². The summed E-state index contributed by atoms with van der Waals surface area (Å²) in [6, 6.07) is 10.7. The molecule has 112 valence electrons. The Bertz CT molecular complexity index is 826. The topological polar surface area (TPSA) is 65.1 Å². The zero-order valence-electron chi connectivity index (χ0n) is 11.8. The third-order valence-corrected chi connectivity index (χ3v) is 3.52. The molecule has 0 saturated heterocycles. The van der Waals surface area contributed by atoms with Crippen LogP contribution in [0.15, 0.2) is 48.7 Å². The molecule has 0 aliphatic carbocycles. The first kappa shape index (κ1) is 14.1. The summed E-state index contributed by atoms with van der Waals surface area (Å²) < 4.78 is 13.1. The fraction of sp³-hybridized carbons (Fsp3) is 0.118. The van der Waals surface area contributed by atoms with Crippen LogP contribution in [-0.2, 0) is 6.42 Å². The Balaban J connectivity index is 1.64. The predicted molar refractivity (Wildman–Crippen MR) is 82.4 cm³/mol. The molecule has 22 heavy (non-hydrogen) atoms. The molecular formula is C17H15FN2O2. The molecule has 3 rings (SSSR count). The lowest BCUT2D eigenvalue weighted by Gasteiger charge is -2.05. The Morgan fingerprint density at radius 2 is 2.09 bits per heavy atom. The van der Waals surface area contributed by atoms with E-state index in [0.717, 1.165) is 16.5 Å². The number of halogens is 1. The van der Waals surface area contributed by atoms with Crippen LogP contribution in [0.1, 0.15) is 15.9 Å². The zero-order valence-corrected chi connectivity index (χ0v) is 11.8. The van der Waals surface area contributed by atoms with Crippen LogP contribution >= 0.6 is 0 Å². The van der Waals surface area contributed by atoms with Crippen molar-refractivity contribution in [2.24, 2.45) is 0 Å². The van der Waals surface area contributed by atoms with Crippen LogP contribution in [0.3, 0.4) is 0 Å². The van der Waals surface area contributed by atoms with E-state index < -0.39 is 5.82 Å². The van der Waals surface area contributed by atoms with Gasteiger partial charge in [-0.2, -0.15) is 0 Å². The standard InChI is InChI=1S/C17H15FN2O2/c18-13-3-1-2-11(8-13)17(22)19-7-6-12-10-20-16-9-14(21)4-5-15(12)16/h1-5,8-10,20-21H,6-7H2,(H,19,22). The number of nitrogens with one attached hydrogen (secondary N) is 2. The number of carbonyl (C=O) groups is 1. The van der Waals surface area contributed by atoms with Gasteiger partial charge in [0.2, 0.25) is 0 Å². The second kappa shape index (κ2) is 5.89. The Morgan fingerprint density at radius 1 is 1.23 bits per heavy atom. The molecule has 0 bridgehead atoms. The summed E-state index contributed by atoms with van der Waals surface area (Å²) in [5.74, 6) is -0.513. The first-order valence-corrected chi connectivity index (χ1v) is 6.96. The normalized spacial score (nSPS) is 10.8. The molecule has 1 aromatic heterocycles. The van der Waals surface area contributed by atoms with E-state index in [1.807, 2.05) is 12.3 Å². The van der Waals surface area contributed by atoms with E-state index in [-0.39, 0.29) is 11.7 Å². The number of hydrogen-bond acceptors (Lipinski definition) is 2. The molecule has 1 amide bonds. The third-order valence-electron chi connectivity index (χ3n) is 3.52. The smallest absolute Gasteiger partial charge is 0.251 e. The minimum Gasteiger partial charge on any atom is -0.508 e. The average Bonchev–Trinajstić information content (AvgIpc) is 2.89. The van der Waals surface area contributed by atoms with Crippen molar-refractivity contribution in [1.29, 1.82) is 0 Å². The number of phenolic OH excluding ortho intramolecular Hbond substituents is 1. The van der Waals surface area contributed by atoms with Crippen molar-refractivity contribution in [2.45, 2.75) is 6.42 Å². The van der Waals surface area contributed by atoms with E-state index in [2.05, 4.69) is 10.3 Å². The van der Waals surface area contributed by atoms with Crippen LogP contribution in [-0.4, -0.2) is 22.5 Å². The van der Waals surface area contributed by atoms with Crippen molar-refractivity contribution in [3.05, 3.63) is 65.6 Å². The largest absolute Gasteiger partial charge is 0.508 e. The van der Waals surface area contributed by atoms with Gasteiger partial charge in [-0.25, -0.2) is 4.39 Å². The average molecular weight is 298 g/mol. The Hall–Kier alpha value is -2.82. The monoisotopic (exact) mass is 298 g/mol. The highest BCUT2D eigenvalue weighted by molar-refractivity contribution is 5.94. The van der Waals surface area contributed by atoms with Gasteiger partial charge in [-0.15, -0.1) is 0 Å². The molecule has 0 radical (unpaired) electrons. The first-order chi connectivity index (χ1) is 10.6. The Morgan fingerprint density at radius 3 is 2.91 bits per heavy atom. The van der Waals surface area contributed by atoms with Crippen molar-refractivity contribution in [3.8, 4) is 5.75 Å². The minimum atomic E-state index is -0.427. The van der Waals surface area contributed by atoms with Gasteiger partial charge in [-0.05, 0) is 42.3 Å². The summed E-state index contributed by atoms with van der Waals surface area (Å²) in [5, 5.41) is 13.2. The van der Waals surface area contributed by atoms with E-state index in [9.17, 15) is 14.3 Å². The van der Waals surface area contributed by atoms with Crippen molar-refractivity contribution in [2.75, 3.05) is 6.54 Å². The van der Waals surface area contributed by atoms with Crippen molar-refractivity contribution in [3.63, 3.8) is 0 Å². The SMILES string of the molecule is O=C(NCCc1c[nH]c2cc(O)ccc12)c1cccc(F)c1. The number of amides is 1. The lowest BCUT2D eigenvalue weighted by Crippen LogP contribution is -2.25. The molecule has 0 aliphatic rings. The van der Waals surface area contributed by atoms with E-state index >= 15 is 0 Å². The molecule has 4 nitrogen and oxygen atoms in total. The molecule has 3 aromatic rings. The number of aromatic amines is 1.